The molecule has 0 aliphatic heterocycles. The zero-order valence-electron chi connectivity index (χ0n) is 10.9. The van der Waals surface area contributed by atoms with E-state index >= 15 is 0 Å². The average Bonchev–Trinajstić information content (AvgIpc) is 2.38. The Bertz CT molecular complexity index is 421. The van der Waals surface area contributed by atoms with Gasteiger partial charge < -0.3 is 4.74 Å². The molecule has 0 heterocycles. The summed E-state index contributed by atoms with van der Waals surface area (Å²) in [6.45, 7) is 4.75. The Hall–Kier alpha value is -0.670. The Labute approximate surface area is 117 Å². The van der Waals surface area contributed by atoms with Crippen LogP contribution in [0.4, 0.5) is 0 Å². The summed E-state index contributed by atoms with van der Waals surface area (Å²) in [5.41, 5.74) is 0.939. The van der Waals surface area contributed by atoms with Gasteiger partial charge in [-0.3, -0.25) is 4.79 Å². The molecule has 0 radical (unpaired) electrons. The summed E-state index contributed by atoms with van der Waals surface area (Å²) in [6.07, 6.45) is 2.45. The lowest BCUT2D eigenvalue weighted by Gasteiger charge is -2.46. The van der Waals surface area contributed by atoms with E-state index in [9.17, 15) is 4.79 Å². The molecule has 1 aliphatic rings. The van der Waals surface area contributed by atoms with Gasteiger partial charge >= 0.3 is 0 Å². The fourth-order valence-electron chi connectivity index (χ4n) is 2.71. The molecule has 1 saturated carbocycles. The first-order chi connectivity index (χ1) is 8.62. The van der Waals surface area contributed by atoms with E-state index in [1.54, 1.807) is 0 Å². The summed E-state index contributed by atoms with van der Waals surface area (Å²) in [6, 6.07) is 8.11. The molecule has 1 unspecified atom stereocenters. The van der Waals surface area contributed by atoms with Crippen LogP contribution in [0.1, 0.15) is 38.7 Å². The van der Waals surface area contributed by atoms with Crippen LogP contribution in [0.5, 0.6) is 0 Å². The second-order valence-corrected chi connectivity index (χ2v) is 5.83. The first-order valence-corrected chi connectivity index (χ1v) is 7.31. The maximum Gasteiger partial charge on any atom is 0.144 e. The molecule has 0 amide bonds. The molecule has 0 bridgehead atoms. The first-order valence-electron chi connectivity index (χ1n) is 6.51. The van der Waals surface area contributed by atoms with Crippen molar-refractivity contribution in [3.8, 4) is 0 Å². The van der Waals surface area contributed by atoms with Gasteiger partial charge in [-0.2, -0.15) is 0 Å². The van der Waals surface area contributed by atoms with Crippen LogP contribution >= 0.6 is 15.9 Å². The second-order valence-electron chi connectivity index (χ2n) is 4.92. The highest BCUT2D eigenvalue weighted by Crippen LogP contribution is 2.45. The normalized spacial score (nSPS) is 21.7. The molecule has 18 heavy (non-hydrogen) atoms. The lowest BCUT2D eigenvalue weighted by molar-refractivity contribution is -0.167. The van der Waals surface area contributed by atoms with Crippen LogP contribution in [0, 0.1) is 5.41 Å². The summed E-state index contributed by atoms with van der Waals surface area (Å²) in [7, 11) is 0. The van der Waals surface area contributed by atoms with Crippen LogP contribution in [0.2, 0.25) is 0 Å². The maximum atomic E-state index is 11.8. The van der Waals surface area contributed by atoms with Crippen molar-refractivity contribution >= 4 is 21.7 Å². The van der Waals surface area contributed by atoms with Crippen LogP contribution in [-0.2, 0) is 16.1 Å². The second kappa shape index (κ2) is 5.54. The van der Waals surface area contributed by atoms with E-state index in [1.165, 1.54) is 0 Å². The van der Waals surface area contributed by atoms with E-state index in [0.717, 1.165) is 22.9 Å². The molecule has 1 aromatic carbocycles. The molecule has 0 spiro atoms. The first kappa shape index (κ1) is 13.8. The fourth-order valence-corrected chi connectivity index (χ4v) is 2.98. The van der Waals surface area contributed by atoms with Crippen molar-refractivity contribution in [2.45, 2.75) is 45.8 Å². The molecule has 0 aromatic heterocycles. The van der Waals surface area contributed by atoms with Gasteiger partial charge in [0.25, 0.3) is 0 Å². The monoisotopic (exact) mass is 310 g/mol. The largest absolute Gasteiger partial charge is 0.372 e. The highest BCUT2D eigenvalue weighted by molar-refractivity contribution is 9.10. The fraction of sp³-hybridized carbons (Fsp3) is 0.533. The number of halogens is 1. The van der Waals surface area contributed by atoms with Crippen molar-refractivity contribution in [2.24, 2.45) is 5.41 Å². The predicted molar refractivity (Wildman–Crippen MR) is 75.4 cm³/mol. The topological polar surface area (TPSA) is 26.3 Å². The standard InChI is InChI=1S/C15H19BrO2/c1-3-15(4-2)13(17)9-14(15)18-10-11-5-7-12(16)8-6-11/h5-8,14H,3-4,9-10H2,1-2H3. The molecule has 1 aliphatic carbocycles. The number of carbonyl (C=O) groups excluding carboxylic acids is 1. The predicted octanol–water partition coefficient (Wildman–Crippen LogP) is 4.11. The Morgan fingerprint density at radius 1 is 1.28 bits per heavy atom. The molecule has 3 heteroatoms. The minimum atomic E-state index is -0.213. The lowest BCUT2D eigenvalue weighted by atomic mass is 9.61. The van der Waals surface area contributed by atoms with Crippen LogP contribution in [-0.4, -0.2) is 11.9 Å². The van der Waals surface area contributed by atoms with Crippen LogP contribution in [0.25, 0.3) is 0 Å². The van der Waals surface area contributed by atoms with Crippen LogP contribution < -0.4 is 0 Å². The van der Waals surface area contributed by atoms with Gasteiger partial charge in [0.2, 0.25) is 0 Å². The minimum Gasteiger partial charge on any atom is -0.372 e. The van der Waals surface area contributed by atoms with Crippen LogP contribution in [0.3, 0.4) is 0 Å². The highest BCUT2D eigenvalue weighted by Gasteiger charge is 2.52. The third kappa shape index (κ3) is 2.39. The van der Waals surface area contributed by atoms with Crippen LogP contribution in [0.15, 0.2) is 28.7 Å². The van der Waals surface area contributed by atoms with E-state index in [1.807, 2.05) is 24.3 Å². The molecule has 2 nitrogen and oxygen atoms in total. The smallest absolute Gasteiger partial charge is 0.144 e. The van der Waals surface area contributed by atoms with Crippen molar-refractivity contribution in [3.05, 3.63) is 34.3 Å². The van der Waals surface area contributed by atoms with Crippen molar-refractivity contribution in [1.82, 2.24) is 0 Å². The molecule has 0 N–H and O–H groups in total. The Balaban J connectivity index is 1.95. The number of benzene rings is 1. The van der Waals surface area contributed by atoms with E-state index in [4.69, 9.17) is 4.74 Å². The summed E-state index contributed by atoms with van der Waals surface area (Å²) in [4.78, 5) is 11.8. The van der Waals surface area contributed by atoms with Gasteiger partial charge in [-0.25, -0.2) is 0 Å². The number of ether oxygens (including phenoxy) is 1. The van der Waals surface area contributed by atoms with E-state index < -0.39 is 0 Å². The molecular formula is C15H19BrO2. The quantitative estimate of drug-likeness (QED) is 0.818. The SMILES string of the molecule is CCC1(CC)C(=O)CC1OCc1ccc(Br)cc1. The molecule has 1 fully saturated rings. The maximum absolute atomic E-state index is 11.8. The molecule has 0 saturated heterocycles. The van der Waals surface area contributed by atoms with Gasteiger partial charge in [0.15, 0.2) is 0 Å². The van der Waals surface area contributed by atoms with Gasteiger partial charge in [-0.15, -0.1) is 0 Å². The zero-order chi connectivity index (χ0) is 13.2. The summed E-state index contributed by atoms with van der Waals surface area (Å²) in [5.74, 6) is 0.369. The number of Topliss-reactive ketones (excluding diaryl/α,β-unsaturated/α-hetero) is 1. The summed E-state index contributed by atoms with van der Waals surface area (Å²) < 4.78 is 7.01. The zero-order valence-corrected chi connectivity index (χ0v) is 12.5. The highest BCUT2D eigenvalue weighted by atomic mass is 79.9. The lowest BCUT2D eigenvalue weighted by Crippen LogP contribution is -2.54. The number of carbonyl (C=O) groups is 1. The number of hydrogen-bond acceptors (Lipinski definition) is 2. The van der Waals surface area contributed by atoms with E-state index in [2.05, 4.69) is 29.8 Å². The Morgan fingerprint density at radius 2 is 1.89 bits per heavy atom. The molecule has 1 aromatic rings. The van der Waals surface area contributed by atoms with Crippen molar-refractivity contribution < 1.29 is 9.53 Å². The number of rotatable bonds is 5. The minimum absolute atomic E-state index is 0.101. The van der Waals surface area contributed by atoms with Crippen molar-refractivity contribution in [3.63, 3.8) is 0 Å². The number of hydrogen-bond donors (Lipinski definition) is 0. The molecule has 98 valence electrons. The van der Waals surface area contributed by atoms with E-state index in [-0.39, 0.29) is 11.5 Å². The average molecular weight is 311 g/mol. The third-order valence-corrected chi connectivity index (χ3v) is 4.70. The van der Waals surface area contributed by atoms with Crippen molar-refractivity contribution in [2.75, 3.05) is 0 Å². The van der Waals surface area contributed by atoms with Gasteiger partial charge in [0.05, 0.1) is 18.1 Å². The van der Waals surface area contributed by atoms with E-state index in [0.29, 0.717) is 18.8 Å². The summed E-state index contributed by atoms with van der Waals surface area (Å²) in [5, 5.41) is 0. The van der Waals surface area contributed by atoms with Gasteiger partial charge in [0.1, 0.15) is 5.78 Å². The van der Waals surface area contributed by atoms with Gasteiger partial charge in [-0.1, -0.05) is 41.9 Å². The molecular weight excluding hydrogens is 292 g/mol. The Morgan fingerprint density at radius 3 is 2.39 bits per heavy atom. The molecule has 1 atom stereocenters. The Kier molecular flexibility index (Phi) is 4.23. The summed E-state index contributed by atoms with van der Waals surface area (Å²) >= 11 is 3.41. The third-order valence-electron chi connectivity index (χ3n) is 4.17. The van der Waals surface area contributed by atoms with Crippen molar-refractivity contribution in [1.29, 1.82) is 0 Å². The molecule has 2 rings (SSSR count). The van der Waals surface area contributed by atoms with Gasteiger partial charge in [0, 0.05) is 10.9 Å². The van der Waals surface area contributed by atoms with Gasteiger partial charge in [-0.05, 0) is 30.5 Å². The number of ketones is 1.